The third-order valence-electron chi connectivity index (χ3n) is 6.59. The van der Waals surface area contributed by atoms with Crippen molar-refractivity contribution in [3.63, 3.8) is 0 Å². The number of nitrogens with zero attached hydrogens (tertiary/aromatic N) is 3. The first-order chi connectivity index (χ1) is 17.1. The quantitative estimate of drug-likeness (QED) is 0.294. The molecule has 1 unspecified atom stereocenters. The van der Waals surface area contributed by atoms with Gasteiger partial charge in [-0.15, -0.1) is 0 Å². The first-order valence-electron chi connectivity index (χ1n) is 12.2. The lowest BCUT2D eigenvalue weighted by molar-refractivity contribution is -0.117. The molecule has 0 N–H and O–H groups in total. The molecule has 3 aromatic carbocycles. The number of benzene rings is 3. The van der Waals surface area contributed by atoms with E-state index in [1.54, 1.807) is 7.11 Å². The topological polar surface area (TPSA) is 56.6 Å². The Kier molecular flexibility index (Phi) is 6.70. The van der Waals surface area contributed by atoms with Crippen molar-refractivity contribution in [2.75, 3.05) is 25.2 Å². The minimum atomic E-state index is 0.0561. The summed E-state index contributed by atoms with van der Waals surface area (Å²) in [5, 5.41) is 0. The van der Waals surface area contributed by atoms with Gasteiger partial charge in [0.05, 0.1) is 24.8 Å². The van der Waals surface area contributed by atoms with Crippen LogP contribution >= 0.6 is 0 Å². The maximum absolute atomic E-state index is 12.9. The molecule has 35 heavy (non-hydrogen) atoms. The highest BCUT2D eigenvalue weighted by Gasteiger charge is 2.34. The van der Waals surface area contributed by atoms with E-state index in [0.29, 0.717) is 19.6 Å². The van der Waals surface area contributed by atoms with Crippen molar-refractivity contribution in [2.45, 2.75) is 38.6 Å². The van der Waals surface area contributed by atoms with Crippen molar-refractivity contribution in [3.05, 3.63) is 84.2 Å². The van der Waals surface area contributed by atoms with Crippen LogP contribution in [-0.4, -0.2) is 35.7 Å². The molecule has 180 valence electrons. The molecular formula is C29H31N3O3. The number of carbonyl (C=O) groups is 1. The maximum atomic E-state index is 12.9. The number of para-hydroxylation sites is 2. The van der Waals surface area contributed by atoms with Gasteiger partial charge in [0.15, 0.2) is 0 Å². The summed E-state index contributed by atoms with van der Waals surface area (Å²) < 4.78 is 13.5. The third kappa shape index (κ3) is 5.02. The number of rotatable bonds is 9. The number of unbranched alkanes of at least 4 members (excludes halogenated alkanes) is 1. The van der Waals surface area contributed by atoms with Gasteiger partial charge in [0.25, 0.3) is 0 Å². The van der Waals surface area contributed by atoms with E-state index in [0.717, 1.165) is 53.4 Å². The Hall–Kier alpha value is -3.80. The number of imidazole rings is 1. The molecule has 0 aliphatic carbocycles. The van der Waals surface area contributed by atoms with Crippen LogP contribution < -0.4 is 14.4 Å². The number of hydrogen-bond donors (Lipinski definition) is 0. The Morgan fingerprint density at radius 3 is 2.60 bits per heavy atom. The Bertz CT molecular complexity index is 1310. The second kappa shape index (κ2) is 10.2. The standard InChI is InChI=1S/C29H31N3O3/c1-21-8-7-9-25(18-21)35-17-6-5-16-31-27-11-4-3-10-26(27)30-29(31)22-19-28(33)32(20-22)23-12-14-24(34-2)15-13-23/h3-4,7-15,18,22H,5-6,16-17,19-20H2,1-2H3. The average Bonchev–Trinajstić information content (AvgIpc) is 3.44. The fraction of sp³-hybridized carbons (Fsp3) is 0.310. The van der Waals surface area contributed by atoms with Crippen LogP contribution in [0, 0.1) is 6.92 Å². The number of aryl methyl sites for hydroxylation is 2. The molecule has 5 rings (SSSR count). The van der Waals surface area contributed by atoms with Crippen molar-refractivity contribution in [3.8, 4) is 11.5 Å². The summed E-state index contributed by atoms with van der Waals surface area (Å²) in [6, 6.07) is 24.1. The van der Waals surface area contributed by atoms with E-state index < -0.39 is 0 Å². The number of aromatic nitrogens is 2. The molecule has 1 fully saturated rings. The normalized spacial score (nSPS) is 15.7. The third-order valence-corrected chi connectivity index (χ3v) is 6.59. The lowest BCUT2D eigenvalue weighted by Gasteiger charge is -2.18. The van der Waals surface area contributed by atoms with Crippen LogP contribution in [0.25, 0.3) is 11.0 Å². The molecule has 1 aliphatic rings. The first kappa shape index (κ1) is 23.0. The zero-order valence-corrected chi connectivity index (χ0v) is 20.3. The highest BCUT2D eigenvalue weighted by molar-refractivity contribution is 5.96. The van der Waals surface area contributed by atoms with Gasteiger partial charge in [-0.1, -0.05) is 24.3 Å². The van der Waals surface area contributed by atoms with Crippen LogP contribution in [0.5, 0.6) is 11.5 Å². The summed E-state index contributed by atoms with van der Waals surface area (Å²) in [6.07, 6.45) is 2.38. The number of carbonyl (C=O) groups excluding carboxylic acids is 1. The molecule has 6 heteroatoms. The second-order valence-electron chi connectivity index (χ2n) is 9.09. The van der Waals surface area contributed by atoms with Crippen LogP contribution in [0.2, 0.25) is 0 Å². The van der Waals surface area contributed by atoms with E-state index in [1.165, 1.54) is 5.56 Å². The highest BCUT2D eigenvalue weighted by atomic mass is 16.5. The summed E-state index contributed by atoms with van der Waals surface area (Å²) in [4.78, 5) is 19.8. The lowest BCUT2D eigenvalue weighted by Crippen LogP contribution is -2.24. The smallest absolute Gasteiger partial charge is 0.227 e. The summed E-state index contributed by atoms with van der Waals surface area (Å²) in [5.41, 5.74) is 4.20. The Morgan fingerprint density at radius 2 is 1.80 bits per heavy atom. The average molecular weight is 470 g/mol. The number of amides is 1. The molecule has 0 radical (unpaired) electrons. The molecule has 2 heterocycles. The summed E-state index contributed by atoms with van der Waals surface area (Å²) in [5.74, 6) is 2.88. The molecule has 0 spiro atoms. The van der Waals surface area contributed by atoms with Crippen molar-refractivity contribution < 1.29 is 14.3 Å². The molecule has 0 bridgehead atoms. The summed E-state index contributed by atoms with van der Waals surface area (Å²) in [7, 11) is 1.64. The molecule has 0 saturated carbocycles. The Morgan fingerprint density at radius 1 is 0.971 bits per heavy atom. The van der Waals surface area contributed by atoms with Gasteiger partial charge in [0.2, 0.25) is 5.91 Å². The molecule has 1 aliphatic heterocycles. The number of anilines is 1. The molecule has 1 aromatic heterocycles. The van der Waals surface area contributed by atoms with Crippen LogP contribution in [0.1, 0.15) is 36.6 Å². The van der Waals surface area contributed by atoms with E-state index in [-0.39, 0.29) is 11.8 Å². The second-order valence-corrected chi connectivity index (χ2v) is 9.09. The number of ether oxygens (including phenoxy) is 2. The SMILES string of the molecule is COc1ccc(N2CC(c3nc4ccccc4n3CCCCOc3cccc(C)c3)CC2=O)cc1. The van der Waals surface area contributed by atoms with Crippen LogP contribution in [0.4, 0.5) is 5.69 Å². The fourth-order valence-electron chi connectivity index (χ4n) is 4.80. The Labute approximate surface area is 206 Å². The van der Waals surface area contributed by atoms with Crippen molar-refractivity contribution in [2.24, 2.45) is 0 Å². The predicted molar refractivity (Wildman–Crippen MR) is 138 cm³/mol. The molecule has 6 nitrogen and oxygen atoms in total. The first-order valence-corrected chi connectivity index (χ1v) is 12.2. The van der Waals surface area contributed by atoms with E-state index in [9.17, 15) is 4.79 Å². The van der Waals surface area contributed by atoms with E-state index in [2.05, 4.69) is 35.8 Å². The van der Waals surface area contributed by atoms with Crippen LogP contribution in [-0.2, 0) is 11.3 Å². The maximum Gasteiger partial charge on any atom is 0.227 e. The van der Waals surface area contributed by atoms with Gasteiger partial charge in [0, 0.05) is 31.1 Å². The zero-order valence-electron chi connectivity index (χ0n) is 20.3. The van der Waals surface area contributed by atoms with Gasteiger partial charge in [-0.05, 0) is 73.9 Å². The summed E-state index contributed by atoms with van der Waals surface area (Å²) in [6.45, 7) is 4.23. The van der Waals surface area contributed by atoms with Crippen molar-refractivity contribution in [1.29, 1.82) is 0 Å². The van der Waals surface area contributed by atoms with Crippen molar-refractivity contribution in [1.82, 2.24) is 9.55 Å². The number of fused-ring (bicyclic) bond motifs is 1. The van der Waals surface area contributed by atoms with E-state index in [4.69, 9.17) is 14.5 Å². The zero-order chi connectivity index (χ0) is 24.2. The molecule has 1 saturated heterocycles. The Balaban J connectivity index is 1.29. The van der Waals surface area contributed by atoms with E-state index >= 15 is 0 Å². The minimum Gasteiger partial charge on any atom is -0.497 e. The van der Waals surface area contributed by atoms with Crippen LogP contribution in [0.3, 0.4) is 0 Å². The highest BCUT2D eigenvalue weighted by Crippen LogP contribution is 2.34. The predicted octanol–water partition coefficient (Wildman–Crippen LogP) is 5.73. The van der Waals surface area contributed by atoms with E-state index in [1.807, 2.05) is 53.4 Å². The fourth-order valence-corrected chi connectivity index (χ4v) is 4.80. The van der Waals surface area contributed by atoms with Gasteiger partial charge in [-0.2, -0.15) is 0 Å². The summed E-state index contributed by atoms with van der Waals surface area (Å²) >= 11 is 0. The molecule has 4 aromatic rings. The van der Waals surface area contributed by atoms with Gasteiger partial charge in [-0.3, -0.25) is 4.79 Å². The van der Waals surface area contributed by atoms with Gasteiger partial charge in [0.1, 0.15) is 17.3 Å². The largest absolute Gasteiger partial charge is 0.497 e. The van der Waals surface area contributed by atoms with Crippen molar-refractivity contribution >= 4 is 22.6 Å². The molecule has 1 amide bonds. The molecular weight excluding hydrogens is 438 g/mol. The monoisotopic (exact) mass is 469 g/mol. The number of methoxy groups -OCH3 is 1. The molecule has 1 atom stereocenters. The van der Waals surface area contributed by atoms with Gasteiger partial charge in [-0.25, -0.2) is 4.98 Å². The van der Waals surface area contributed by atoms with Gasteiger partial charge < -0.3 is 18.9 Å². The minimum absolute atomic E-state index is 0.0561. The lowest BCUT2D eigenvalue weighted by atomic mass is 10.1. The number of hydrogen-bond acceptors (Lipinski definition) is 4. The van der Waals surface area contributed by atoms with Crippen LogP contribution in [0.15, 0.2) is 72.8 Å². The van der Waals surface area contributed by atoms with Gasteiger partial charge >= 0.3 is 0 Å².